The third-order valence-electron chi connectivity index (χ3n) is 6.05. The van der Waals surface area contributed by atoms with Gasteiger partial charge >= 0.3 is 0 Å². The van der Waals surface area contributed by atoms with E-state index in [0.29, 0.717) is 0 Å². The van der Waals surface area contributed by atoms with Gasteiger partial charge in [0, 0.05) is 38.8 Å². The highest BCUT2D eigenvalue weighted by atomic mass is 16.3. The maximum absolute atomic E-state index is 6.37. The fourth-order valence-corrected chi connectivity index (χ4v) is 4.74. The first-order chi connectivity index (χ1) is 14.9. The van der Waals surface area contributed by atoms with Gasteiger partial charge in [0.2, 0.25) is 0 Å². The molecule has 1 N–H and O–H groups in total. The predicted molar refractivity (Wildman–Crippen MR) is 124 cm³/mol. The van der Waals surface area contributed by atoms with Crippen molar-refractivity contribution < 1.29 is 4.42 Å². The van der Waals surface area contributed by atoms with Gasteiger partial charge in [-0.25, -0.2) is 0 Å². The van der Waals surface area contributed by atoms with E-state index in [-0.39, 0.29) is 0 Å². The number of H-pyrrole nitrogens is 1. The van der Waals surface area contributed by atoms with E-state index in [1.165, 1.54) is 26.9 Å². The van der Waals surface area contributed by atoms with Crippen LogP contribution in [0.4, 0.5) is 0 Å². The van der Waals surface area contributed by atoms with Crippen molar-refractivity contribution in [2.75, 3.05) is 0 Å². The summed E-state index contributed by atoms with van der Waals surface area (Å²) in [6.07, 6.45) is 1.84. The van der Waals surface area contributed by atoms with Crippen LogP contribution in [0.1, 0.15) is 0 Å². The number of aromatic nitrogens is 2. The Hall–Kier alpha value is -4.11. The standard InChI is InChI=1S/C27H16N2O/c1-2-8-18-17(7-1)24-20-15-16(21-10-5-6-14-28-21)12-13-22(20)29-26(24)27-25(18)19-9-3-4-11-23(19)30-27/h1-15,29H. The van der Waals surface area contributed by atoms with Crippen molar-refractivity contribution in [2.24, 2.45) is 0 Å². The predicted octanol–water partition coefficient (Wildman–Crippen LogP) is 7.44. The summed E-state index contributed by atoms with van der Waals surface area (Å²) in [5.74, 6) is 0. The van der Waals surface area contributed by atoms with Crippen LogP contribution in [0.15, 0.2) is 95.5 Å². The maximum Gasteiger partial charge on any atom is 0.160 e. The van der Waals surface area contributed by atoms with Gasteiger partial charge in [-0.2, -0.15) is 0 Å². The molecule has 0 aliphatic rings. The molecule has 7 rings (SSSR count). The average Bonchev–Trinajstić information content (AvgIpc) is 3.38. The second kappa shape index (κ2) is 5.71. The largest absolute Gasteiger partial charge is 0.454 e. The third kappa shape index (κ3) is 2.01. The number of furan rings is 1. The zero-order chi connectivity index (χ0) is 19.7. The summed E-state index contributed by atoms with van der Waals surface area (Å²) in [5.41, 5.74) is 6.06. The van der Waals surface area contributed by atoms with E-state index < -0.39 is 0 Å². The van der Waals surface area contributed by atoms with Crippen molar-refractivity contribution in [1.29, 1.82) is 0 Å². The molecule has 7 aromatic rings. The number of pyridine rings is 1. The van der Waals surface area contributed by atoms with Crippen LogP contribution in [0.5, 0.6) is 0 Å². The molecule has 0 bridgehead atoms. The monoisotopic (exact) mass is 384 g/mol. The number of rotatable bonds is 1. The molecule has 3 aromatic heterocycles. The van der Waals surface area contributed by atoms with Crippen LogP contribution in [-0.4, -0.2) is 9.97 Å². The molecule has 0 atom stereocenters. The van der Waals surface area contributed by atoms with E-state index >= 15 is 0 Å². The fourth-order valence-electron chi connectivity index (χ4n) is 4.74. The summed E-state index contributed by atoms with van der Waals surface area (Å²) in [4.78, 5) is 8.17. The molecule has 3 heterocycles. The Morgan fingerprint density at radius 2 is 1.43 bits per heavy atom. The number of benzene rings is 4. The number of para-hydroxylation sites is 1. The molecule has 140 valence electrons. The Bertz CT molecular complexity index is 1740. The molecule has 4 aromatic carbocycles. The van der Waals surface area contributed by atoms with E-state index in [9.17, 15) is 0 Å². The Labute approximate surface area is 171 Å². The van der Waals surface area contributed by atoms with Crippen molar-refractivity contribution in [3.63, 3.8) is 0 Å². The van der Waals surface area contributed by atoms with Crippen LogP contribution in [0.2, 0.25) is 0 Å². The summed E-state index contributed by atoms with van der Waals surface area (Å²) in [6.45, 7) is 0. The number of nitrogens with zero attached hydrogens (tertiary/aromatic N) is 1. The van der Waals surface area contributed by atoms with E-state index in [0.717, 1.165) is 38.8 Å². The molecular formula is C27H16N2O. The van der Waals surface area contributed by atoms with Gasteiger partial charge in [0.15, 0.2) is 5.58 Å². The Balaban J connectivity index is 1.72. The third-order valence-corrected chi connectivity index (χ3v) is 6.05. The Morgan fingerprint density at radius 1 is 0.667 bits per heavy atom. The van der Waals surface area contributed by atoms with E-state index in [2.05, 4.69) is 64.6 Å². The van der Waals surface area contributed by atoms with Crippen molar-refractivity contribution >= 4 is 54.5 Å². The highest BCUT2D eigenvalue weighted by molar-refractivity contribution is 6.34. The topological polar surface area (TPSA) is 41.8 Å². The lowest BCUT2D eigenvalue weighted by Gasteiger charge is -2.04. The quantitative estimate of drug-likeness (QED) is 0.320. The number of hydrogen-bond donors (Lipinski definition) is 1. The van der Waals surface area contributed by atoms with Crippen molar-refractivity contribution in [3.05, 3.63) is 91.1 Å². The molecule has 0 spiro atoms. The molecule has 0 amide bonds. The van der Waals surface area contributed by atoms with Gasteiger partial charge in [-0.15, -0.1) is 0 Å². The molecule has 0 saturated carbocycles. The van der Waals surface area contributed by atoms with Gasteiger partial charge < -0.3 is 9.40 Å². The van der Waals surface area contributed by atoms with Crippen LogP contribution in [0.3, 0.4) is 0 Å². The lowest BCUT2D eigenvalue weighted by molar-refractivity contribution is 0.672. The molecule has 0 aliphatic heterocycles. The van der Waals surface area contributed by atoms with Gasteiger partial charge in [0.25, 0.3) is 0 Å². The van der Waals surface area contributed by atoms with Gasteiger partial charge in [-0.3, -0.25) is 4.98 Å². The van der Waals surface area contributed by atoms with Crippen molar-refractivity contribution in [1.82, 2.24) is 9.97 Å². The molecule has 3 nitrogen and oxygen atoms in total. The Morgan fingerprint density at radius 3 is 2.27 bits per heavy atom. The number of hydrogen-bond acceptors (Lipinski definition) is 2. The van der Waals surface area contributed by atoms with E-state index in [4.69, 9.17) is 4.42 Å². The van der Waals surface area contributed by atoms with Gasteiger partial charge in [-0.05, 0) is 41.1 Å². The minimum absolute atomic E-state index is 0.915. The first-order valence-corrected chi connectivity index (χ1v) is 10.1. The minimum atomic E-state index is 0.915. The van der Waals surface area contributed by atoms with Crippen LogP contribution in [0.25, 0.3) is 65.8 Å². The van der Waals surface area contributed by atoms with Crippen LogP contribution >= 0.6 is 0 Å². The molecular weight excluding hydrogens is 368 g/mol. The number of aromatic amines is 1. The van der Waals surface area contributed by atoms with E-state index in [1.54, 1.807) is 0 Å². The van der Waals surface area contributed by atoms with Crippen LogP contribution in [-0.2, 0) is 0 Å². The summed E-state index contributed by atoms with van der Waals surface area (Å²) >= 11 is 0. The summed E-state index contributed by atoms with van der Waals surface area (Å²) < 4.78 is 6.37. The second-order valence-electron chi connectivity index (χ2n) is 7.70. The van der Waals surface area contributed by atoms with Crippen molar-refractivity contribution in [2.45, 2.75) is 0 Å². The molecule has 0 unspecified atom stereocenters. The van der Waals surface area contributed by atoms with Gasteiger partial charge in [0.1, 0.15) is 5.58 Å². The van der Waals surface area contributed by atoms with Crippen LogP contribution < -0.4 is 0 Å². The SMILES string of the molecule is c1ccc(-c2ccc3[nH]c4c5oc6ccccc6c5c5ccccc5c4c3c2)nc1. The van der Waals surface area contributed by atoms with Gasteiger partial charge in [0.05, 0.1) is 11.2 Å². The fraction of sp³-hybridized carbons (Fsp3) is 0. The van der Waals surface area contributed by atoms with Crippen LogP contribution in [0, 0.1) is 0 Å². The maximum atomic E-state index is 6.37. The molecule has 0 fully saturated rings. The van der Waals surface area contributed by atoms with Crippen molar-refractivity contribution in [3.8, 4) is 11.3 Å². The molecule has 3 heteroatoms. The highest BCUT2D eigenvalue weighted by Gasteiger charge is 2.19. The smallest absolute Gasteiger partial charge is 0.160 e. The molecule has 0 saturated heterocycles. The summed E-state index contributed by atoms with van der Waals surface area (Å²) in [7, 11) is 0. The molecule has 30 heavy (non-hydrogen) atoms. The summed E-state index contributed by atoms with van der Waals surface area (Å²) in [6, 6.07) is 29.4. The zero-order valence-corrected chi connectivity index (χ0v) is 16.0. The lowest BCUT2D eigenvalue weighted by Crippen LogP contribution is -1.81. The zero-order valence-electron chi connectivity index (χ0n) is 16.0. The molecule has 0 radical (unpaired) electrons. The highest BCUT2D eigenvalue weighted by Crippen LogP contribution is 2.43. The first kappa shape index (κ1) is 15.8. The average molecular weight is 384 g/mol. The lowest BCUT2D eigenvalue weighted by atomic mass is 9.98. The number of nitrogens with one attached hydrogen (secondary N) is 1. The Kier molecular flexibility index (Phi) is 3.00. The first-order valence-electron chi connectivity index (χ1n) is 10.1. The molecule has 0 aliphatic carbocycles. The van der Waals surface area contributed by atoms with E-state index in [1.807, 2.05) is 36.5 Å². The normalized spacial score (nSPS) is 12.0. The number of fused-ring (bicyclic) bond motifs is 10. The minimum Gasteiger partial charge on any atom is -0.454 e. The summed E-state index contributed by atoms with van der Waals surface area (Å²) in [5, 5.41) is 7.16. The van der Waals surface area contributed by atoms with Gasteiger partial charge in [-0.1, -0.05) is 54.6 Å². The second-order valence-corrected chi connectivity index (χ2v) is 7.70.